The molecule has 3 nitrogen and oxygen atoms in total. The molecule has 1 aromatic carbocycles. The molecule has 0 aliphatic rings. The Hall–Kier alpha value is -2.07. The van der Waals surface area contributed by atoms with Gasteiger partial charge in [0.05, 0.1) is 12.3 Å². The van der Waals surface area contributed by atoms with E-state index >= 15 is 0 Å². The van der Waals surface area contributed by atoms with Gasteiger partial charge in [0, 0.05) is 22.8 Å². The fourth-order valence-electron chi connectivity index (χ4n) is 3.53. The fraction of sp³-hybridized carbons (Fsp3) is 0.500. The summed E-state index contributed by atoms with van der Waals surface area (Å²) < 4.78 is 8.03. The van der Waals surface area contributed by atoms with E-state index in [1.54, 1.807) is 0 Å². The number of imidazole rings is 1. The van der Waals surface area contributed by atoms with Crippen molar-refractivity contribution in [1.29, 1.82) is 0 Å². The van der Waals surface area contributed by atoms with Gasteiger partial charge in [-0.15, -0.1) is 11.3 Å². The molecule has 0 radical (unpaired) electrons. The lowest BCUT2D eigenvalue weighted by Crippen LogP contribution is -1.95. The van der Waals surface area contributed by atoms with Crippen LogP contribution in [0.2, 0.25) is 0 Å². The predicted molar refractivity (Wildman–Crippen MR) is 130 cm³/mol. The van der Waals surface area contributed by atoms with Crippen molar-refractivity contribution in [2.24, 2.45) is 0 Å². The molecule has 2 heterocycles. The van der Waals surface area contributed by atoms with Gasteiger partial charge in [-0.3, -0.25) is 4.40 Å². The first kappa shape index (κ1) is 22.6. The maximum Gasteiger partial charge on any atom is 0.194 e. The Kier molecular flexibility index (Phi) is 9.49. The van der Waals surface area contributed by atoms with E-state index in [9.17, 15) is 0 Å². The minimum absolute atomic E-state index is 0.726. The van der Waals surface area contributed by atoms with Gasteiger partial charge in [0.2, 0.25) is 0 Å². The first-order valence-electron chi connectivity index (χ1n) is 11.7. The summed E-state index contributed by atoms with van der Waals surface area (Å²) in [5, 5.41) is 0. The molecule has 2 aromatic heterocycles. The third-order valence-electron chi connectivity index (χ3n) is 5.32. The zero-order valence-corrected chi connectivity index (χ0v) is 19.4. The molecular formula is C26H36N2OS. The maximum atomic E-state index is 5.85. The molecule has 0 spiro atoms. The molecule has 0 bridgehead atoms. The molecule has 3 aromatic rings. The Bertz CT molecular complexity index is 860. The molecule has 3 rings (SSSR count). The van der Waals surface area contributed by atoms with Gasteiger partial charge in [-0.25, -0.2) is 4.98 Å². The highest BCUT2D eigenvalue weighted by atomic mass is 32.1. The number of unbranched alkanes of at least 4 members (excludes halogenated alkanes) is 6. The number of hydrogen-bond acceptors (Lipinski definition) is 3. The minimum Gasteiger partial charge on any atom is -0.493 e. The van der Waals surface area contributed by atoms with Crippen LogP contribution in [0.4, 0.5) is 0 Å². The smallest absolute Gasteiger partial charge is 0.194 e. The van der Waals surface area contributed by atoms with Gasteiger partial charge >= 0.3 is 0 Å². The van der Waals surface area contributed by atoms with E-state index in [0.29, 0.717) is 0 Å². The van der Waals surface area contributed by atoms with Crippen LogP contribution in [0.25, 0.3) is 16.2 Å². The van der Waals surface area contributed by atoms with Crippen molar-refractivity contribution in [3.05, 3.63) is 53.7 Å². The Morgan fingerprint density at radius 3 is 2.43 bits per heavy atom. The van der Waals surface area contributed by atoms with E-state index in [4.69, 9.17) is 9.72 Å². The summed E-state index contributed by atoms with van der Waals surface area (Å²) in [5.74, 6) is 0.923. The number of aromatic nitrogens is 2. The average Bonchev–Trinajstić information content (AvgIpc) is 3.32. The highest BCUT2D eigenvalue weighted by Gasteiger charge is 2.08. The highest BCUT2D eigenvalue weighted by molar-refractivity contribution is 7.17. The second-order valence-corrected chi connectivity index (χ2v) is 9.05. The van der Waals surface area contributed by atoms with Crippen LogP contribution in [0, 0.1) is 0 Å². The van der Waals surface area contributed by atoms with Gasteiger partial charge < -0.3 is 4.74 Å². The van der Waals surface area contributed by atoms with E-state index in [0.717, 1.165) is 35.0 Å². The highest BCUT2D eigenvalue weighted by Crippen LogP contribution is 2.26. The number of thiazole rings is 1. The number of hydrogen-bond donors (Lipinski definition) is 0. The van der Waals surface area contributed by atoms with Crippen molar-refractivity contribution in [2.75, 3.05) is 6.61 Å². The van der Waals surface area contributed by atoms with Crippen molar-refractivity contribution in [3.8, 4) is 17.0 Å². The Labute approximate surface area is 185 Å². The lowest BCUT2D eigenvalue weighted by molar-refractivity contribution is 0.325. The molecule has 0 unspecified atom stereocenters. The number of benzene rings is 1. The lowest BCUT2D eigenvalue weighted by atomic mass is 10.1. The van der Waals surface area contributed by atoms with Crippen LogP contribution in [0.3, 0.4) is 0 Å². The van der Waals surface area contributed by atoms with Crippen LogP contribution in [-0.2, 0) is 6.42 Å². The topological polar surface area (TPSA) is 26.5 Å². The molecule has 30 heavy (non-hydrogen) atoms. The molecule has 0 fully saturated rings. The Balaban J connectivity index is 1.47. The summed E-state index contributed by atoms with van der Waals surface area (Å²) in [7, 11) is 0. The van der Waals surface area contributed by atoms with Crippen molar-refractivity contribution >= 4 is 16.3 Å². The zero-order chi connectivity index (χ0) is 21.0. The summed E-state index contributed by atoms with van der Waals surface area (Å²) in [4.78, 5) is 7.36. The fourth-order valence-corrected chi connectivity index (χ4v) is 4.53. The van der Waals surface area contributed by atoms with Crippen LogP contribution in [-0.4, -0.2) is 16.0 Å². The van der Waals surface area contributed by atoms with E-state index in [2.05, 4.69) is 54.9 Å². The van der Waals surface area contributed by atoms with Crippen molar-refractivity contribution in [1.82, 2.24) is 9.38 Å². The largest absolute Gasteiger partial charge is 0.493 e. The number of rotatable bonds is 14. The van der Waals surface area contributed by atoms with Crippen LogP contribution in [0.5, 0.6) is 5.75 Å². The van der Waals surface area contributed by atoms with Crippen LogP contribution in [0.1, 0.15) is 76.5 Å². The zero-order valence-electron chi connectivity index (χ0n) is 18.6. The molecule has 4 heteroatoms. The normalized spacial score (nSPS) is 11.7. The average molecular weight is 425 g/mol. The van der Waals surface area contributed by atoms with Gasteiger partial charge in [0.1, 0.15) is 5.75 Å². The second kappa shape index (κ2) is 12.6. The second-order valence-electron chi connectivity index (χ2n) is 7.95. The summed E-state index contributed by atoms with van der Waals surface area (Å²) in [5.41, 5.74) is 2.17. The molecular weight excluding hydrogens is 388 g/mol. The quantitative estimate of drug-likeness (QED) is 0.193. The Morgan fingerprint density at radius 2 is 1.67 bits per heavy atom. The number of ether oxygens (including phenoxy) is 1. The monoisotopic (exact) mass is 424 g/mol. The van der Waals surface area contributed by atoms with Crippen molar-refractivity contribution < 1.29 is 4.74 Å². The number of fused-ring (bicyclic) bond motifs is 1. The first-order chi connectivity index (χ1) is 14.8. The first-order valence-corrected chi connectivity index (χ1v) is 12.5. The summed E-state index contributed by atoms with van der Waals surface area (Å²) >= 11 is 1.82. The third kappa shape index (κ3) is 7.02. The molecule has 0 N–H and O–H groups in total. The maximum absolute atomic E-state index is 5.85. The van der Waals surface area contributed by atoms with Crippen LogP contribution < -0.4 is 4.74 Å². The SMILES string of the molecule is CCCCC=CCCOc1ccc(-c2cn3cc(CCCCCCC)sc3n2)cc1. The standard InChI is InChI=1S/C26H36N2OS/c1-3-5-7-9-11-13-19-29-23-17-15-22(16-18-23)25-21-28-20-24(30-26(28)27-25)14-12-10-8-6-4-2/h9,11,15-18,20-21H,3-8,10,12-14,19H2,1-2H3. The van der Waals surface area contributed by atoms with Crippen molar-refractivity contribution in [3.63, 3.8) is 0 Å². The van der Waals surface area contributed by atoms with Gasteiger partial charge in [0.15, 0.2) is 4.96 Å². The molecule has 0 amide bonds. The van der Waals surface area contributed by atoms with E-state index in [1.807, 2.05) is 23.5 Å². The van der Waals surface area contributed by atoms with Crippen LogP contribution >= 0.6 is 11.3 Å². The molecule has 0 aliphatic carbocycles. The van der Waals surface area contributed by atoms with E-state index in [-0.39, 0.29) is 0 Å². The molecule has 162 valence electrons. The molecule has 0 saturated heterocycles. The van der Waals surface area contributed by atoms with Crippen molar-refractivity contribution in [2.45, 2.75) is 78.1 Å². The summed E-state index contributed by atoms with van der Waals surface area (Å²) in [6, 6.07) is 8.30. The summed E-state index contributed by atoms with van der Waals surface area (Å²) in [6.45, 7) is 5.21. The van der Waals surface area contributed by atoms with Gasteiger partial charge in [-0.1, -0.05) is 64.5 Å². The van der Waals surface area contributed by atoms with Gasteiger partial charge in [0.25, 0.3) is 0 Å². The third-order valence-corrected chi connectivity index (χ3v) is 6.38. The van der Waals surface area contributed by atoms with E-state index < -0.39 is 0 Å². The number of aryl methyl sites for hydroxylation is 1. The van der Waals surface area contributed by atoms with Gasteiger partial charge in [-0.2, -0.15) is 0 Å². The lowest BCUT2D eigenvalue weighted by Gasteiger charge is -2.05. The predicted octanol–water partition coefficient (Wildman–Crippen LogP) is 8.09. The number of allylic oxidation sites excluding steroid dienone is 1. The molecule has 0 saturated carbocycles. The van der Waals surface area contributed by atoms with Gasteiger partial charge in [-0.05, 0) is 49.9 Å². The Morgan fingerprint density at radius 1 is 0.900 bits per heavy atom. The molecule has 0 atom stereocenters. The summed E-state index contributed by atoms with van der Waals surface area (Å²) in [6.07, 6.45) is 21.4. The van der Waals surface area contributed by atoms with E-state index in [1.165, 1.54) is 62.7 Å². The molecule has 0 aliphatic heterocycles. The van der Waals surface area contributed by atoms with Crippen LogP contribution in [0.15, 0.2) is 48.8 Å². The minimum atomic E-state index is 0.726. The number of nitrogens with zero attached hydrogens (tertiary/aromatic N) is 2.